The maximum absolute atomic E-state index is 12.2. The molecular weight excluding hydrogens is 238 g/mol. The zero-order valence-electron chi connectivity index (χ0n) is 10.9. The average molecular weight is 257 g/mol. The Balaban J connectivity index is 1.44. The number of amides is 1. The monoisotopic (exact) mass is 257 g/mol. The van der Waals surface area contributed by atoms with E-state index in [0.717, 1.165) is 25.7 Å². The normalized spacial score (nSPS) is 38.7. The molecule has 0 heterocycles. The first-order chi connectivity index (χ1) is 9.25. The Hall–Kier alpha value is -1.35. The molecule has 3 aliphatic rings. The van der Waals surface area contributed by atoms with E-state index in [2.05, 4.69) is 29.6 Å². The van der Waals surface area contributed by atoms with E-state index in [4.69, 9.17) is 0 Å². The van der Waals surface area contributed by atoms with Crippen molar-refractivity contribution in [2.24, 2.45) is 11.8 Å². The van der Waals surface area contributed by atoms with Gasteiger partial charge in [-0.05, 0) is 42.7 Å². The van der Waals surface area contributed by atoms with Gasteiger partial charge >= 0.3 is 0 Å². The minimum atomic E-state index is -0.425. The Morgan fingerprint density at radius 1 is 1.26 bits per heavy atom. The standard InChI is InChI=1S/C16H19NO2/c18-13-7-3-6-11(13)16(19)17-15-12-8-9-4-1-2-5-10(9)14(12)15/h1-2,4-5,11-15,18H,3,6-8H2,(H,17,19). The van der Waals surface area contributed by atoms with Gasteiger partial charge in [-0.1, -0.05) is 24.3 Å². The number of fused-ring (bicyclic) bond motifs is 3. The lowest BCUT2D eigenvalue weighted by molar-refractivity contribution is -0.127. The zero-order valence-corrected chi connectivity index (χ0v) is 10.9. The molecule has 2 saturated carbocycles. The van der Waals surface area contributed by atoms with Gasteiger partial charge in [-0.2, -0.15) is 0 Å². The molecule has 2 N–H and O–H groups in total. The van der Waals surface area contributed by atoms with Crippen LogP contribution in [0.3, 0.4) is 0 Å². The number of aliphatic hydroxyl groups is 1. The van der Waals surface area contributed by atoms with E-state index in [9.17, 15) is 9.90 Å². The van der Waals surface area contributed by atoms with Gasteiger partial charge in [-0.3, -0.25) is 4.79 Å². The molecule has 0 aromatic heterocycles. The van der Waals surface area contributed by atoms with Gasteiger partial charge in [-0.15, -0.1) is 0 Å². The van der Waals surface area contributed by atoms with Crippen LogP contribution in [0, 0.1) is 11.8 Å². The smallest absolute Gasteiger partial charge is 0.225 e. The molecule has 5 atom stereocenters. The third-order valence-electron chi connectivity index (χ3n) is 5.16. The molecule has 0 saturated heterocycles. The Bertz CT molecular complexity index is 527. The van der Waals surface area contributed by atoms with Gasteiger partial charge in [0.05, 0.1) is 12.0 Å². The van der Waals surface area contributed by atoms with Crippen LogP contribution in [0.4, 0.5) is 0 Å². The van der Waals surface area contributed by atoms with Crippen molar-refractivity contribution < 1.29 is 9.90 Å². The molecule has 0 spiro atoms. The summed E-state index contributed by atoms with van der Waals surface area (Å²) in [5.74, 6) is 1.03. The lowest BCUT2D eigenvalue weighted by atomic mass is 10.0. The first-order valence-electron chi connectivity index (χ1n) is 7.32. The number of benzene rings is 1. The summed E-state index contributed by atoms with van der Waals surface area (Å²) < 4.78 is 0. The lowest BCUT2D eigenvalue weighted by Crippen LogP contribution is -2.37. The second kappa shape index (κ2) is 4.07. The van der Waals surface area contributed by atoms with Gasteiger partial charge in [0, 0.05) is 12.0 Å². The Kier molecular flexibility index (Phi) is 2.46. The fourth-order valence-corrected chi connectivity index (χ4v) is 4.07. The van der Waals surface area contributed by atoms with E-state index in [1.54, 1.807) is 0 Å². The molecule has 2 fully saturated rings. The van der Waals surface area contributed by atoms with Gasteiger partial charge in [-0.25, -0.2) is 0 Å². The SMILES string of the molecule is O=C(NC1C2Cc3ccccc3C21)C1CCCC1O. The van der Waals surface area contributed by atoms with Gasteiger partial charge in [0.15, 0.2) is 0 Å². The summed E-state index contributed by atoms with van der Waals surface area (Å²) in [7, 11) is 0. The van der Waals surface area contributed by atoms with Crippen molar-refractivity contribution in [3.05, 3.63) is 35.4 Å². The molecule has 1 aromatic carbocycles. The number of hydrogen-bond acceptors (Lipinski definition) is 2. The van der Waals surface area contributed by atoms with Crippen LogP contribution in [0.2, 0.25) is 0 Å². The van der Waals surface area contributed by atoms with Crippen molar-refractivity contribution in [3.8, 4) is 0 Å². The van der Waals surface area contributed by atoms with Crippen LogP contribution in [-0.4, -0.2) is 23.2 Å². The third-order valence-corrected chi connectivity index (χ3v) is 5.16. The van der Waals surface area contributed by atoms with E-state index in [1.807, 2.05) is 0 Å². The number of carbonyl (C=O) groups is 1. The second-order valence-electron chi connectivity index (χ2n) is 6.23. The first-order valence-corrected chi connectivity index (χ1v) is 7.32. The molecule has 1 amide bonds. The first kappa shape index (κ1) is 11.5. The molecule has 100 valence electrons. The Morgan fingerprint density at radius 2 is 2.11 bits per heavy atom. The number of aliphatic hydroxyl groups excluding tert-OH is 1. The highest BCUT2D eigenvalue weighted by molar-refractivity contribution is 5.80. The van der Waals surface area contributed by atoms with Crippen LogP contribution in [0.25, 0.3) is 0 Å². The van der Waals surface area contributed by atoms with Gasteiger partial charge < -0.3 is 10.4 Å². The molecule has 19 heavy (non-hydrogen) atoms. The molecule has 4 rings (SSSR count). The number of carbonyl (C=O) groups excluding carboxylic acids is 1. The summed E-state index contributed by atoms with van der Waals surface area (Å²) >= 11 is 0. The highest BCUT2D eigenvalue weighted by Crippen LogP contribution is 2.56. The summed E-state index contributed by atoms with van der Waals surface area (Å²) in [5.41, 5.74) is 2.87. The summed E-state index contributed by atoms with van der Waals surface area (Å²) in [6.45, 7) is 0. The van der Waals surface area contributed by atoms with Crippen LogP contribution in [0.5, 0.6) is 0 Å². The van der Waals surface area contributed by atoms with Crippen molar-refractivity contribution in [2.75, 3.05) is 0 Å². The van der Waals surface area contributed by atoms with E-state index in [0.29, 0.717) is 17.9 Å². The predicted octanol–water partition coefficient (Wildman–Crippen LogP) is 1.60. The topological polar surface area (TPSA) is 49.3 Å². The van der Waals surface area contributed by atoms with Crippen molar-refractivity contribution in [2.45, 2.75) is 43.7 Å². The summed E-state index contributed by atoms with van der Waals surface area (Å²) in [5, 5.41) is 13.0. The van der Waals surface area contributed by atoms with E-state index >= 15 is 0 Å². The maximum Gasteiger partial charge on any atom is 0.225 e. The number of rotatable bonds is 2. The Morgan fingerprint density at radius 3 is 2.89 bits per heavy atom. The quantitative estimate of drug-likeness (QED) is 0.845. The zero-order chi connectivity index (χ0) is 13.0. The largest absolute Gasteiger partial charge is 0.392 e. The van der Waals surface area contributed by atoms with Crippen LogP contribution < -0.4 is 5.32 Å². The highest BCUT2D eigenvalue weighted by atomic mass is 16.3. The third kappa shape index (κ3) is 1.71. The molecule has 3 nitrogen and oxygen atoms in total. The minimum Gasteiger partial charge on any atom is -0.392 e. The van der Waals surface area contributed by atoms with E-state index in [-0.39, 0.29) is 11.8 Å². The van der Waals surface area contributed by atoms with Crippen LogP contribution >= 0.6 is 0 Å². The fraction of sp³-hybridized carbons (Fsp3) is 0.562. The van der Waals surface area contributed by atoms with Gasteiger partial charge in [0.25, 0.3) is 0 Å². The molecule has 5 unspecified atom stereocenters. The number of nitrogens with one attached hydrogen (secondary N) is 1. The lowest BCUT2D eigenvalue weighted by Gasteiger charge is -2.16. The van der Waals surface area contributed by atoms with Crippen molar-refractivity contribution in [3.63, 3.8) is 0 Å². The molecule has 3 heteroatoms. The molecule has 0 radical (unpaired) electrons. The predicted molar refractivity (Wildman–Crippen MR) is 71.7 cm³/mol. The number of hydrogen-bond donors (Lipinski definition) is 2. The Labute approximate surface area is 113 Å². The van der Waals surface area contributed by atoms with Gasteiger partial charge in [0.2, 0.25) is 5.91 Å². The van der Waals surface area contributed by atoms with Crippen LogP contribution in [-0.2, 0) is 11.2 Å². The van der Waals surface area contributed by atoms with E-state index in [1.165, 1.54) is 11.1 Å². The summed E-state index contributed by atoms with van der Waals surface area (Å²) in [6, 6.07) is 8.87. The van der Waals surface area contributed by atoms with Crippen molar-refractivity contribution in [1.29, 1.82) is 0 Å². The average Bonchev–Trinajstić information content (AvgIpc) is 2.79. The summed E-state index contributed by atoms with van der Waals surface area (Å²) in [4.78, 5) is 12.2. The van der Waals surface area contributed by atoms with Crippen molar-refractivity contribution >= 4 is 5.91 Å². The maximum atomic E-state index is 12.2. The second-order valence-corrected chi connectivity index (χ2v) is 6.23. The molecule has 0 bridgehead atoms. The van der Waals surface area contributed by atoms with Gasteiger partial charge in [0.1, 0.15) is 0 Å². The highest BCUT2D eigenvalue weighted by Gasteiger charge is 2.56. The molecule has 0 aliphatic heterocycles. The molecular formula is C16H19NO2. The molecule has 3 aliphatic carbocycles. The summed E-state index contributed by atoms with van der Waals surface area (Å²) in [6.07, 6.45) is 3.26. The van der Waals surface area contributed by atoms with E-state index < -0.39 is 6.10 Å². The molecule has 1 aromatic rings. The van der Waals surface area contributed by atoms with Crippen LogP contribution in [0.15, 0.2) is 24.3 Å². The minimum absolute atomic E-state index is 0.0712. The van der Waals surface area contributed by atoms with Crippen molar-refractivity contribution in [1.82, 2.24) is 5.32 Å². The van der Waals surface area contributed by atoms with Crippen LogP contribution in [0.1, 0.15) is 36.3 Å². The fourth-order valence-electron chi connectivity index (χ4n) is 4.07.